The van der Waals surface area contributed by atoms with Crippen LogP contribution in [0.3, 0.4) is 0 Å². The van der Waals surface area contributed by atoms with E-state index < -0.39 is 0 Å². The first-order chi connectivity index (χ1) is 11.3. The van der Waals surface area contributed by atoms with Crippen LogP contribution in [-0.2, 0) is 11.3 Å². The van der Waals surface area contributed by atoms with Crippen LogP contribution < -0.4 is 0 Å². The van der Waals surface area contributed by atoms with Crippen molar-refractivity contribution in [2.75, 3.05) is 7.11 Å². The Kier molecular flexibility index (Phi) is 6.18. The van der Waals surface area contributed by atoms with Crippen LogP contribution in [0.15, 0.2) is 85.5 Å². The van der Waals surface area contributed by atoms with Gasteiger partial charge < -0.3 is 4.74 Å². The lowest BCUT2D eigenvalue weighted by Gasteiger charge is -2.29. The van der Waals surface area contributed by atoms with Gasteiger partial charge in [-0.3, -0.25) is 4.90 Å². The zero-order valence-electron chi connectivity index (χ0n) is 13.3. The molecule has 0 bridgehead atoms. The molecule has 0 saturated carbocycles. The Morgan fingerprint density at radius 3 is 2.30 bits per heavy atom. The average molecular weight is 307 g/mol. The van der Waals surface area contributed by atoms with Crippen molar-refractivity contribution in [3.8, 4) is 0 Å². The van der Waals surface area contributed by atoms with Gasteiger partial charge in [-0.2, -0.15) is 0 Å². The monoisotopic (exact) mass is 307 g/mol. The van der Waals surface area contributed by atoms with Gasteiger partial charge in [0, 0.05) is 6.54 Å². The minimum absolute atomic E-state index is 0.221. The van der Waals surface area contributed by atoms with E-state index in [-0.39, 0.29) is 12.1 Å². The molecule has 1 unspecified atom stereocenters. The minimum atomic E-state index is -0.364. The summed E-state index contributed by atoms with van der Waals surface area (Å²) < 4.78 is 4.99. The second-order valence-corrected chi connectivity index (χ2v) is 5.06. The summed E-state index contributed by atoms with van der Waals surface area (Å²) in [6.45, 7) is 4.18. The molecule has 0 N–H and O–H groups in total. The van der Waals surface area contributed by atoms with Crippen molar-refractivity contribution in [3.63, 3.8) is 0 Å². The number of nitrogens with zero attached hydrogens (tertiary/aromatic N) is 1. The molecule has 2 aromatic rings. The molecule has 0 spiro atoms. The van der Waals surface area contributed by atoms with Crippen molar-refractivity contribution in [3.05, 3.63) is 96.6 Å². The van der Waals surface area contributed by atoms with Gasteiger partial charge in [0.15, 0.2) is 0 Å². The van der Waals surface area contributed by atoms with Crippen LogP contribution in [-0.4, -0.2) is 18.1 Å². The van der Waals surface area contributed by atoms with Crippen LogP contribution in [0.5, 0.6) is 0 Å². The highest BCUT2D eigenvalue weighted by molar-refractivity contribution is 5.68. The number of amides is 1. The number of hydrogen-bond acceptors (Lipinski definition) is 2. The Morgan fingerprint density at radius 2 is 1.74 bits per heavy atom. The fourth-order valence-corrected chi connectivity index (χ4v) is 2.40. The molecule has 0 aliphatic heterocycles. The highest BCUT2D eigenvalue weighted by Crippen LogP contribution is 2.25. The number of carbonyl (C=O) groups excluding carboxylic acids is 1. The second-order valence-electron chi connectivity index (χ2n) is 5.06. The zero-order chi connectivity index (χ0) is 16.5. The van der Waals surface area contributed by atoms with Crippen LogP contribution in [0.4, 0.5) is 4.79 Å². The van der Waals surface area contributed by atoms with E-state index in [1.165, 1.54) is 7.11 Å². The maximum Gasteiger partial charge on any atom is 0.410 e. The Morgan fingerprint density at radius 1 is 1.13 bits per heavy atom. The molecule has 1 atom stereocenters. The second kappa shape index (κ2) is 8.59. The first-order valence-electron chi connectivity index (χ1n) is 7.49. The van der Waals surface area contributed by atoms with E-state index in [0.717, 1.165) is 11.1 Å². The van der Waals surface area contributed by atoms with Gasteiger partial charge in [0.05, 0.1) is 13.2 Å². The third-order valence-corrected chi connectivity index (χ3v) is 3.51. The van der Waals surface area contributed by atoms with E-state index in [9.17, 15) is 4.79 Å². The molecule has 2 aromatic carbocycles. The molecule has 1 amide bonds. The molecule has 0 fully saturated rings. The van der Waals surface area contributed by atoms with E-state index in [1.54, 1.807) is 11.0 Å². The highest BCUT2D eigenvalue weighted by Gasteiger charge is 2.23. The van der Waals surface area contributed by atoms with Crippen LogP contribution in [0, 0.1) is 0 Å². The quantitative estimate of drug-likeness (QED) is 0.721. The third-order valence-electron chi connectivity index (χ3n) is 3.51. The molecule has 3 nitrogen and oxygen atoms in total. The van der Waals surface area contributed by atoms with Crippen molar-refractivity contribution < 1.29 is 9.53 Å². The summed E-state index contributed by atoms with van der Waals surface area (Å²) in [4.78, 5) is 14.0. The number of hydrogen-bond donors (Lipinski definition) is 0. The van der Waals surface area contributed by atoms with Gasteiger partial charge in [0.1, 0.15) is 0 Å². The Bertz CT molecular complexity index is 650. The smallest absolute Gasteiger partial charge is 0.410 e. The lowest BCUT2D eigenvalue weighted by molar-refractivity contribution is 0.110. The van der Waals surface area contributed by atoms with E-state index in [4.69, 9.17) is 4.74 Å². The van der Waals surface area contributed by atoms with Gasteiger partial charge in [-0.15, -0.1) is 0 Å². The number of benzene rings is 2. The molecule has 2 rings (SSSR count). The van der Waals surface area contributed by atoms with E-state index in [0.29, 0.717) is 6.54 Å². The topological polar surface area (TPSA) is 29.5 Å². The van der Waals surface area contributed by atoms with Crippen molar-refractivity contribution in [1.29, 1.82) is 0 Å². The molecule has 0 aliphatic rings. The summed E-state index contributed by atoms with van der Waals surface area (Å²) in [6, 6.07) is 19.5. The van der Waals surface area contributed by atoms with Crippen molar-refractivity contribution in [2.24, 2.45) is 0 Å². The summed E-state index contributed by atoms with van der Waals surface area (Å²) in [5.41, 5.74) is 2.07. The van der Waals surface area contributed by atoms with Gasteiger partial charge >= 0.3 is 6.09 Å². The maximum atomic E-state index is 12.3. The molecule has 0 heterocycles. The number of methoxy groups -OCH3 is 1. The average Bonchev–Trinajstić information content (AvgIpc) is 2.62. The molecular formula is C20H21NO2. The largest absolute Gasteiger partial charge is 0.453 e. The van der Waals surface area contributed by atoms with E-state index in [2.05, 4.69) is 6.58 Å². The SMILES string of the molecule is C=C/C=C/C(c1ccccc1)N(Cc1ccccc1)C(=O)OC. The van der Waals surface area contributed by atoms with E-state index >= 15 is 0 Å². The van der Waals surface area contributed by atoms with Gasteiger partial charge in [0.2, 0.25) is 0 Å². The zero-order valence-corrected chi connectivity index (χ0v) is 13.3. The molecule has 0 saturated heterocycles. The van der Waals surface area contributed by atoms with Crippen molar-refractivity contribution in [1.82, 2.24) is 4.90 Å². The molecule has 23 heavy (non-hydrogen) atoms. The van der Waals surface area contributed by atoms with Crippen LogP contribution in [0.1, 0.15) is 17.2 Å². The highest BCUT2D eigenvalue weighted by atomic mass is 16.5. The summed E-state index contributed by atoms with van der Waals surface area (Å²) >= 11 is 0. The number of carbonyl (C=O) groups is 1. The minimum Gasteiger partial charge on any atom is -0.453 e. The van der Waals surface area contributed by atoms with Crippen molar-refractivity contribution in [2.45, 2.75) is 12.6 Å². The lowest BCUT2D eigenvalue weighted by atomic mass is 10.0. The molecule has 0 aromatic heterocycles. The first-order valence-corrected chi connectivity index (χ1v) is 7.49. The Hall–Kier alpha value is -2.81. The summed E-state index contributed by atoms with van der Waals surface area (Å²) in [5, 5.41) is 0. The predicted molar refractivity (Wildman–Crippen MR) is 92.9 cm³/mol. The number of ether oxygens (including phenoxy) is 1. The van der Waals surface area contributed by atoms with Crippen molar-refractivity contribution >= 4 is 6.09 Å². The Balaban J connectivity index is 2.37. The molecule has 0 radical (unpaired) electrons. The number of rotatable bonds is 6. The molecular weight excluding hydrogens is 286 g/mol. The summed E-state index contributed by atoms with van der Waals surface area (Å²) in [7, 11) is 1.40. The van der Waals surface area contributed by atoms with Gasteiger partial charge in [-0.1, -0.05) is 85.5 Å². The van der Waals surface area contributed by atoms with Gasteiger partial charge in [0.25, 0.3) is 0 Å². The maximum absolute atomic E-state index is 12.3. The fraction of sp³-hybridized carbons (Fsp3) is 0.150. The van der Waals surface area contributed by atoms with Gasteiger partial charge in [-0.25, -0.2) is 4.79 Å². The van der Waals surface area contributed by atoms with Crippen LogP contribution in [0.2, 0.25) is 0 Å². The summed E-state index contributed by atoms with van der Waals surface area (Å²) in [6.07, 6.45) is 5.13. The fourth-order valence-electron chi connectivity index (χ4n) is 2.40. The number of allylic oxidation sites excluding steroid dienone is 2. The third kappa shape index (κ3) is 4.58. The standard InChI is InChI=1S/C20H21NO2/c1-3-4-15-19(18-13-9-6-10-14-18)21(20(22)23-2)16-17-11-7-5-8-12-17/h3-15,19H,1,16H2,2H3/b15-4+. The molecule has 118 valence electrons. The summed E-state index contributed by atoms with van der Waals surface area (Å²) in [5.74, 6) is 0. The van der Waals surface area contributed by atoms with Gasteiger partial charge in [-0.05, 0) is 11.1 Å². The first kappa shape index (κ1) is 16.6. The molecule has 3 heteroatoms. The van der Waals surface area contributed by atoms with Crippen LogP contribution in [0.25, 0.3) is 0 Å². The normalized spacial score (nSPS) is 11.9. The Labute approximate surface area is 137 Å². The van der Waals surface area contributed by atoms with E-state index in [1.807, 2.05) is 72.8 Å². The molecule has 0 aliphatic carbocycles. The predicted octanol–water partition coefficient (Wildman–Crippen LogP) is 4.74. The van der Waals surface area contributed by atoms with Crippen LogP contribution >= 0.6 is 0 Å². The lowest BCUT2D eigenvalue weighted by Crippen LogP contribution is -2.33.